The molecule has 1 heterocycles. The second-order valence-corrected chi connectivity index (χ2v) is 4.81. The predicted molar refractivity (Wildman–Crippen MR) is 60.4 cm³/mol. The minimum Gasteiger partial charge on any atom is -0.506 e. The van der Waals surface area contributed by atoms with E-state index in [2.05, 4.69) is 21.2 Å². The number of rotatable bonds is 2. The lowest BCUT2D eigenvalue weighted by Gasteiger charge is -2.11. The Kier molecular flexibility index (Phi) is 3.26. The maximum absolute atomic E-state index is 13.1. The summed E-state index contributed by atoms with van der Waals surface area (Å²) in [7, 11) is 0. The number of aromatic hydroxyl groups is 1. The summed E-state index contributed by atoms with van der Waals surface area (Å²) in [6.45, 7) is 1.97. The minimum atomic E-state index is -0.305. The SMILES string of the molecule is Oc1c(Br)cc(F)cc1CC1CCNC1. The predicted octanol–water partition coefficient (Wildman–Crippen LogP) is 2.45. The zero-order chi connectivity index (χ0) is 10.8. The maximum atomic E-state index is 13.1. The van der Waals surface area contributed by atoms with E-state index >= 15 is 0 Å². The van der Waals surface area contributed by atoms with Gasteiger partial charge in [0.1, 0.15) is 11.6 Å². The van der Waals surface area contributed by atoms with Crippen LogP contribution in [0.4, 0.5) is 4.39 Å². The number of hydrogen-bond acceptors (Lipinski definition) is 2. The van der Waals surface area contributed by atoms with E-state index < -0.39 is 0 Å². The molecule has 0 aromatic heterocycles. The zero-order valence-electron chi connectivity index (χ0n) is 8.26. The van der Waals surface area contributed by atoms with Gasteiger partial charge in [0, 0.05) is 0 Å². The lowest BCUT2D eigenvalue weighted by atomic mass is 9.98. The molecule has 4 heteroatoms. The van der Waals surface area contributed by atoms with E-state index in [0.29, 0.717) is 16.0 Å². The summed E-state index contributed by atoms with van der Waals surface area (Å²) in [4.78, 5) is 0. The second-order valence-electron chi connectivity index (χ2n) is 3.96. The number of phenols is 1. The summed E-state index contributed by atoms with van der Waals surface area (Å²) in [6.07, 6.45) is 1.82. The summed E-state index contributed by atoms with van der Waals surface area (Å²) >= 11 is 3.14. The van der Waals surface area contributed by atoms with E-state index in [1.807, 2.05) is 0 Å². The monoisotopic (exact) mass is 273 g/mol. The Morgan fingerprint density at radius 3 is 3.00 bits per heavy atom. The van der Waals surface area contributed by atoms with Crippen LogP contribution >= 0.6 is 15.9 Å². The Bertz CT molecular complexity index is 364. The number of nitrogens with one attached hydrogen (secondary N) is 1. The van der Waals surface area contributed by atoms with Gasteiger partial charge in [-0.1, -0.05) is 0 Å². The molecule has 82 valence electrons. The number of benzene rings is 1. The Morgan fingerprint density at radius 2 is 2.33 bits per heavy atom. The highest BCUT2D eigenvalue weighted by atomic mass is 79.9. The quantitative estimate of drug-likeness (QED) is 0.868. The molecule has 1 saturated heterocycles. The summed E-state index contributed by atoms with van der Waals surface area (Å²) in [5, 5.41) is 13.0. The van der Waals surface area contributed by atoms with Gasteiger partial charge in [0.05, 0.1) is 4.47 Å². The Labute approximate surface area is 96.6 Å². The molecule has 2 N–H and O–H groups in total. The number of hydrogen-bond donors (Lipinski definition) is 2. The fourth-order valence-electron chi connectivity index (χ4n) is 1.97. The van der Waals surface area contributed by atoms with Crippen LogP contribution in [0.1, 0.15) is 12.0 Å². The van der Waals surface area contributed by atoms with Crippen molar-refractivity contribution < 1.29 is 9.50 Å². The van der Waals surface area contributed by atoms with Crippen LogP contribution in [0.3, 0.4) is 0 Å². The molecule has 0 spiro atoms. The van der Waals surface area contributed by atoms with Crippen LogP contribution in [0.25, 0.3) is 0 Å². The van der Waals surface area contributed by atoms with Gasteiger partial charge in [0.15, 0.2) is 0 Å². The first-order valence-corrected chi connectivity index (χ1v) is 5.83. The van der Waals surface area contributed by atoms with Crippen LogP contribution in [0.15, 0.2) is 16.6 Å². The topological polar surface area (TPSA) is 32.3 Å². The van der Waals surface area contributed by atoms with Crippen molar-refractivity contribution in [2.45, 2.75) is 12.8 Å². The molecule has 1 aromatic carbocycles. The van der Waals surface area contributed by atoms with Crippen LogP contribution < -0.4 is 5.32 Å². The zero-order valence-corrected chi connectivity index (χ0v) is 9.85. The molecule has 1 fully saturated rings. The molecular formula is C11H13BrFNO. The van der Waals surface area contributed by atoms with Crippen LogP contribution in [-0.2, 0) is 6.42 Å². The Hall–Kier alpha value is -0.610. The summed E-state index contributed by atoms with van der Waals surface area (Å²) in [5.74, 6) is 0.369. The number of halogens is 2. The van der Waals surface area contributed by atoms with Crippen LogP contribution in [-0.4, -0.2) is 18.2 Å². The van der Waals surface area contributed by atoms with Gasteiger partial charge in [-0.2, -0.15) is 0 Å². The highest BCUT2D eigenvalue weighted by molar-refractivity contribution is 9.10. The average molecular weight is 274 g/mol. The molecule has 0 bridgehead atoms. The molecule has 1 unspecified atom stereocenters. The van der Waals surface area contributed by atoms with Gasteiger partial charge in [0.2, 0.25) is 0 Å². The molecule has 1 aliphatic heterocycles. The normalized spacial score (nSPS) is 20.8. The van der Waals surface area contributed by atoms with Gasteiger partial charge in [-0.3, -0.25) is 0 Å². The molecule has 0 amide bonds. The van der Waals surface area contributed by atoms with Crippen LogP contribution in [0, 0.1) is 11.7 Å². The molecule has 1 aromatic rings. The second kappa shape index (κ2) is 4.49. The maximum Gasteiger partial charge on any atom is 0.133 e. The molecule has 15 heavy (non-hydrogen) atoms. The molecule has 1 aliphatic rings. The summed E-state index contributed by atoms with van der Waals surface area (Å²) in [6, 6.07) is 2.70. The molecule has 0 saturated carbocycles. The average Bonchev–Trinajstić information content (AvgIpc) is 2.66. The van der Waals surface area contributed by atoms with E-state index in [-0.39, 0.29) is 11.6 Å². The third kappa shape index (κ3) is 2.49. The standard InChI is InChI=1S/C11H13BrFNO/c12-10-5-9(13)4-8(11(10)15)3-7-1-2-14-6-7/h4-5,7,14-15H,1-3,6H2. The van der Waals surface area contributed by atoms with E-state index in [1.165, 1.54) is 12.1 Å². The van der Waals surface area contributed by atoms with Crippen LogP contribution in [0.5, 0.6) is 5.75 Å². The van der Waals surface area contributed by atoms with Crippen molar-refractivity contribution >= 4 is 15.9 Å². The van der Waals surface area contributed by atoms with Crippen molar-refractivity contribution in [2.75, 3.05) is 13.1 Å². The van der Waals surface area contributed by atoms with Crippen molar-refractivity contribution in [1.29, 1.82) is 0 Å². The van der Waals surface area contributed by atoms with E-state index in [0.717, 1.165) is 25.9 Å². The Balaban J connectivity index is 2.19. The summed E-state index contributed by atoms with van der Waals surface area (Å²) < 4.78 is 13.6. The van der Waals surface area contributed by atoms with Gasteiger partial charge in [0.25, 0.3) is 0 Å². The molecule has 2 rings (SSSR count). The first-order valence-electron chi connectivity index (χ1n) is 5.04. The van der Waals surface area contributed by atoms with Crippen molar-refractivity contribution in [2.24, 2.45) is 5.92 Å². The van der Waals surface area contributed by atoms with E-state index in [1.54, 1.807) is 0 Å². The molecule has 0 aliphatic carbocycles. The van der Waals surface area contributed by atoms with Crippen LogP contribution in [0.2, 0.25) is 0 Å². The van der Waals surface area contributed by atoms with Gasteiger partial charge in [-0.15, -0.1) is 0 Å². The van der Waals surface area contributed by atoms with Crippen molar-refractivity contribution in [3.05, 3.63) is 28.0 Å². The van der Waals surface area contributed by atoms with E-state index in [4.69, 9.17) is 0 Å². The van der Waals surface area contributed by atoms with E-state index in [9.17, 15) is 9.50 Å². The smallest absolute Gasteiger partial charge is 0.133 e. The fourth-order valence-corrected chi connectivity index (χ4v) is 2.45. The number of phenolic OH excluding ortho intramolecular Hbond substituents is 1. The van der Waals surface area contributed by atoms with Gasteiger partial charge < -0.3 is 10.4 Å². The first-order chi connectivity index (χ1) is 7.16. The highest BCUT2D eigenvalue weighted by Crippen LogP contribution is 2.31. The lowest BCUT2D eigenvalue weighted by molar-refractivity contribution is 0.452. The first kappa shape index (κ1) is 10.9. The van der Waals surface area contributed by atoms with Gasteiger partial charge >= 0.3 is 0 Å². The summed E-state index contributed by atoms with van der Waals surface area (Å²) in [5.41, 5.74) is 0.690. The molecule has 1 atom stereocenters. The van der Waals surface area contributed by atoms with Gasteiger partial charge in [-0.05, 0) is 65.5 Å². The Morgan fingerprint density at radius 1 is 1.53 bits per heavy atom. The van der Waals surface area contributed by atoms with Gasteiger partial charge in [-0.25, -0.2) is 4.39 Å². The van der Waals surface area contributed by atoms with Crippen molar-refractivity contribution in [1.82, 2.24) is 5.32 Å². The van der Waals surface area contributed by atoms with Crippen molar-refractivity contribution in [3.63, 3.8) is 0 Å². The lowest BCUT2D eigenvalue weighted by Crippen LogP contribution is -2.11. The minimum absolute atomic E-state index is 0.170. The third-order valence-corrected chi connectivity index (χ3v) is 3.38. The molecule has 2 nitrogen and oxygen atoms in total. The third-order valence-electron chi connectivity index (χ3n) is 2.78. The molecular weight excluding hydrogens is 261 g/mol. The largest absolute Gasteiger partial charge is 0.506 e. The molecule has 0 radical (unpaired) electrons. The highest BCUT2D eigenvalue weighted by Gasteiger charge is 2.18. The fraction of sp³-hybridized carbons (Fsp3) is 0.455. The van der Waals surface area contributed by atoms with Crippen molar-refractivity contribution in [3.8, 4) is 5.75 Å².